The van der Waals surface area contributed by atoms with Gasteiger partial charge in [0.15, 0.2) is 0 Å². The van der Waals surface area contributed by atoms with Gasteiger partial charge in [-0.2, -0.15) is 0 Å². The van der Waals surface area contributed by atoms with Crippen LogP contribution in [0.3, 0.4) is 0 Å². The van der Waals surface area contributed by atoms with Gasteiger partial charge in [0, 0.05) is 25.2 Å². The second kappa shape index (κ2) is 8.57. The summed E-state index contributed by atoms with van der Waals surface area (Å²) in [7, 11) is 0. The highest BCUT2D eigenvalue weighted by atomic mass is 16.4. The molecule has 0 aliphatic carbocycles. The Bertz CT molecular complexity index is 364. The number of para-hydroxylation sites is 1. The standard InChI is InChI=1S/C16H25NO2/c1-3-8-14(2)13-17(12-7-11-16(18)19)15-9-5-4-6-10-15/h4-6,9-10,14H,3,7-8,11-13H2,1-2H3,(H,18,19). The van der Waals surface area contributed by atoms with Crippen LogP contribution in [0.15, 0.2) is 30.3 Å². The third kappa shape index (κ3) is 6.27. The number of carbonyl (C=O) groups is 1. The van der Waals surface area contributed by atoms with Gasteiger partial charge in [0.05, 0.1) is 0 Å². The van der Waals surface area contributed by atoms with Gasteiger partial charge in [-0.05, 0) is 30.9 Å². The molecule has 1 unspecified atom stereocenters. The van der Waals surface area contributed by atoms with Crippen LogP contribution < -0.4 is 4.90 Å². The highest BCUT2D eigenvalue weighted by Crippen LogP contribution is 2.17. The molecule has 1 atom stereocenters. The fraction of sp³-hybridized carbons (Fsp3) is 0.562. The van der Waals surface area contributed by atoms with Crippen LogP contribution in [0.2, 0.25) is 0 Å². The molecule has 1 rings (SSSR count). The fourth-order valence-corrected chi connectivity index (χ4v) is 2.35. The lowest BCUT2D eigenvalue weighted by Crippen LogP contribution is -2.29. The summed E-state index contributed by atoms with van der Waals surface area (Å²) in [6.45, 7) is 6.27. The summed E-state index contributed by atoms with van der Waals surface area (Å²) in [6, 6.07) is 10.3. The molecule has 19 heavy (non-hydrogen) atoms. The van der Waals surface area contributed by atoms with Gasteiger partial charge in [0.2, 0.25) is 0 Å². The number of hydrogen-bond donors (Lipinski definition) is 1. The van der Waals surface area contributed by atoms with Crippen LogP contribution in [0.25, 0.3) is 0 Å². The molecule has 0 radical (unpaired) electrons. The molecule has 0 saturated carbocycles. The highest BCUT2D eigenvalue weighted by Gasteiger charge is 2.11. The molecule has 3 nitrogen and oxygen atoms in total. The zero-order valence-electron chi connectivity index (χ0n) is 12.0. The molecule has 0 aromatic heterocycles. The normalized spacial score (nSPS) is 12.1. The van der Waals surface area contributed by atoms with Crippen LogP contribution in [0, 0.1) is 5.92 Å². The molecule has 0 amide bonds. The first kappa shape index (κ1) is 15.5. The zero-order chi connectivity index (χ0) is 14.1. The average molecular weight is 263 g/mol. The van der Waals surface area contributed by atoms with Crippen LogP contribution in [0.1, 0.15) is 39.5 Å². The minimum Gasteiger partial charge on any atom is -0.481 e. The number of hydrogen-bond acceptors (Lipinski definition) is 2. The first-order valence-electron chi connectivity index (χ1n) is 7.15. The maximum absolute atomic E-state index is 10.6. The lowest BCUT2D eigenvalue weighted by molar-refractivity contribution is -0.137. The van der Waals surface area contributed by atoms with Crippen molar-refractivity contribution < 1.29 is 9.90 Å². The summed E-state index contributed by atoms with van der Waals surface area (Å²) in [5, 5.41) is 8.74. The van der Waals surface area contributed by atoms with Crippen molar-refractivity contribution in [3.8, 4) is 0 Å². The van der Waals surface area contributed by atoms with E-state index in [0.29, 0.717) is 12.3 Å². The van der Waals surface area contributed by atoms with Crippen molar-refractivity contribution in [1.82, 2.24) is 0 Å². The first-order valence-corrected chi connectivity index (χ1v) is 7.15. The number of rotatable bonds is 9. The number of aliphatic carboxylic acids is 1. The summed E-state index contributed by atoms with van der Waals surface area (Å²) in [5.74, 6) is -0.0790. The molecule has 0 aliphatic heterocycles. The van der Waals surface area contributed by atoms with E-state index in [1.165, 1.54) is 18.5 Å². The minimum atomic E-state index is -0.713. The fourth-order valence-electron chi connectivity index (χ4n) is 2.35. The third-order valence-electron chi connectivity index (χ3n) is 3.25. The Labute approximate surface area is 116 Å². The quantitative estimate of drug-likeness (QED) is 0.737. The third-order valence-corrected chi connectivity index (χ3v) is 3.25. The van der Waals surface area contributed by atoms with Gasteiger partial charge in [0.1, 0.15) is 0 Å². The Balaban J connectivity index is 2.60. The smallest absolute Gasteiger partial charge is 0.303 e. The van der Waals surface area contributed by atoms with Crippen molar-refractivity contribution in [1.29, 1.82) is 0 Å². The summed E-state index contributed by atoms with van der Waals surface area (Å²) in [4.78, 5) is 12.9. The molecule has 0 heterocycles. The predicted octanol–water partition coefficient (Wildman–Crippen LogP) is 3.79. The van der Waals surface area contributed by atoms with Crippen molar-refractivity contribution in [2.45, 2.75) is 39.5 Å². The van der Waals surface area contributed by atoms with Crippen LogP contribution >= 0.6 is 0 Å². The first-order chi connectivity index (χ1) is 9.13. The largest absolute Gasteiger partial charge is 0.481 e. The maximum Gasteiger partial charge on any atom is 0.303 e. The Kier molecular flexibility index (Phi) is 7.01. The van der Waals surface area contributed by atoms with E-state index in [9.17, 15) is 4.79 Å². The minimum absolute atomic E-state index is 0.242. The van der Waals surface area contributed by atoms with E-state index in [4.69, 9.17) is 5.11 Å². The molecular weight excluding hydrogens is 238 g/mol. The lowest BCUT2D eigenvalue weighted by Gasteiger charge is -2.27. The van der Waals surface area contributed by atoms with Crippen molar-refractivity contribution in [3.05, 3.63) is 30.3 Å². The van der Waals surface area contributed by atoms with Gasteiger partial charge in [-0.25, -0.2) is 0 Å². The maximum atomic E-state index is 10.6. The van der Waals surface area contributed by atoms with Crippen molar-refractivity contribution >= 4 is 11.7 Å². The predicted molar refractivity (Wildman–Crippen MR) is 79.6 cm³/mol. The van der Waals surface area contributed by atoms with Crippen LogP contribution in [0.5, 0.6) is 0 Å². The summed E-state index contributed by atoms with van der Waals surface area (Å²) in [5.41, 5.74) is 1.19. The topological polar surface area (TPSA) is 40.5 Å². The van der Waals surface area contributed by atoms with Crippen LogP contribution in [-0.2, 0) is 4.79 Å². The van der Waals surface area contributed by atoms with Gasteiger partial charge >= 0.3 is 5.97 Å². The number of anilines is 1. The van der Waals surface area contributed by atoms with Crippen molar-refractivity contribution in [2.24, 2.45) is 5.92 Å². The van der Waals surface area contributed by atoms with E-state index in [-0.39, 0.29) is 6.42 Å². The van der Waals surface area contributed by atoms with Gasteiger partial charge in [0.25, 0.3) is 0 Å². The van der Waals surface area contributed by atoms with E-state index in [1.54, 1.807) is 0 Å². The van der Waals surface area contributed by atoms with Crippen LogP contribution in [0.4, 0.5) is 5.69 Å². The van der Waals surface area contributed by atoms with Crippen molar-refractivity contribution in [2.75, 3.05) is 18.0 Å². The molecule has 0 spiro atoms. The summed E-state index contributed by atoms with van der Waals surface area (Å²) in [6.07, 6.45) is 3.34. The number of carboxylic acids is 1. The van der Waals surface area contributed by atoms with Gasteiger partial charge < -0.3 is 10.0 Å². The van der Waals surface area contributed by atoms with E-state index < -0.39 is 5.97 Å². The molecule has 0 saturated heterocycles. The second-order valence-corrected chi connectivity index (χ2v) is 5.17. The zero-order valence-corrected chi connectivity index (χ0v) is 12.0. The highest BCUT2D eigenvalue weighted by molar-refractivity contribution is 5.66. The number of carboxylic acid groups (broad SMARTS) is 1. The SMILES string of the molecule is CCCC(C)CN(CCCC(=O)O)c1ccccc1. The molecular formula is C16H25NO2. The molecule has 0 bridgehead atoms. The Morgan fingerprint density at radius 1 is 1.32 bits per heavy atom. The molecule has 0 aliphatic rings. The van der Waals surface area contributed by atoms with Crippen LogP contribution in [-0.4, -0.2) is 24.2 Å². The molecule has 0 fully saturated rings. The lowest BCUT2D eigenvalue weighted by atomic mass is 10.0. The monoisotopic (exact) mass is 263 g/mol. The van der Waals surface area contributed by atoms with E-state index >= 15 is 0 Å². The molecule has 106 valence electrons. The van der Waals surface area contributed by atoms with E-state index in [1.807, 2.05) is 18.2 Å². The Hall–Kier alpha value is -1.51. The van der Waals surface area contributed by atoms with Crippen molar-refractivity contribution in [3.63, 3.8) is 0 Å². The van der Waals surface area contributed by atoms with E-state index in [0.717, 1.165) is 13.1 Å². The van der Waals surface area contributed by atoms with Gasteiger partial charge in [-0.1, -0.05) is 38.5 Å². The Morgan fingerprint density at radius 2 is 2.00 bits per heavy atom. The summed E-state index contributed by atoms with van der Waals surface area (Å²) < 4.78 is 0. The number of benzene rings is 1. The number of nitrogens with zero attached hydrogens (tertiary/aromatic N) is 1. The molecule has 3 heteroatoms. The molecule has 1 aromatic rings. The Morgan fingerprint density at radius 3 is 2.58 bits per heavy atom. The van der Waals surface area contributed by atoms with Gasteiger partial charge in [-0.15, -0.1) is 0 Å². The molecule has 1 N–H and O–H groups in total. The van der Waals surface area contributed by atoms with Gasteiger partial charge in [-0.3, -0.25) is 4.79 Å². The average Bonchev–Trinajstić information content (AvgIpc) is 2.38. The molecule has 1 aromatic carbocycles. The summed E-state index contributed by atoms with van der Waals surface area (Å²) >= 11 is 0. The van der Waals surface area contributed by atoms with E-state index in [2.05, 4.69) is 30.9 Å². The second-order valence-electron chi connectivity index (χ2n) is 5.17.